The van der Waals surface area contributed by atoms with E-state index in [9.17, 15) is 4.79 Å². The molecule has 0 fully saturated rings. The Morgan fingerprint density at radius 3 is 2.51 bits per heavy atom. The summed E-state index contributed by atoms with van der Waals surface area (Å²) in [6.45, 7) is 7.33. The number of halogens is 1. The molecule has 4 aromatic rings. The first kappa shape index (κ1) is 28.8. The number of unbranched alkanes of at least 4 members (excludes halogenated alkanes) is 1. The quantitative estimate of drug-likeness (QED) is 0.173. The second-order valence-electron chi connectivity index (χ2n) is 10.2. The van der Waals surface area contributed by atoms with E-state index in [4.69, 9.17) is 11.6 Å². The number of benzene rings is 2. The Morgan fingerprint density at radius 1 is 1.13 bits per heavy atom. The Morgan fingerprint density at radius 2 is 1.87 bits per heavy atom. The van der Waals surface area contributed by atoms with Crippen LogP contribution < -0.4 is 5.32 Å². The van der Waals surface area contributed by atoms with Gasteiger partial charge < -0.3 is 9.88 Å². The van der Waals surface area contributed by atoms with Crippen LogP contribution in [0.3, 0.4) is 0 Å². The largest absolute Gasteiger partial charge is 0.350 e. The van der Waals surface area contributed by atoms with E-state index in [1.54, 1.807) is 0 Å². The first-order chi connectivity index (χ1) is 18.9. The average molecular weight is 566 g/mol. The summed E-state index contributed by atoms with van der Waals surface area (Å²) < 4.78 is 2.15. The summed E-state index contributed by atoms with van der Waals surface area (Å²) in [5, 5.41) is 18.1. The number of nitrogens with zero attached hydrogens (tertiary/aromatic N) is 5. The van der Waals surface area contributed by atoms with Crippen LogP contribution in [0.15, 0.2) is 48.5 Å². The number of amides is 1. The summed E-state index contributed by atoms with van der Waals surface area (Å²) >= 11 is 11.0. The van der Waals surface area contributed by atoms with Crippen LogP contribution >= 0.6 is 24.2 Å². The molecule has 8 nitrogen and oxygen atoms in total. The Labute approximate surface area is 240 Å². The van der Waals surface area contributed by atoms with Gasteiger partial charge in [-0.3, -0.25) is 4.79 Å². The van der Waals surface area contributed by atoms with Gasteiger partial charge in [0.15, 0.2) is 5.15 Å². The number of carbonyl (C=O) groups excluding carboxylic acids is 1. The third-order valence-corrected chi connectivity index (χ3v) is 7.50. The van der Waals surface area contributed by atoms with E-state index in [-0.39, 0.29) is 11.8 Å². The highest BCUT2D eigenvalue weighted by molar-refractivity contribution is 7.80. The number of thiol groups is 1. The number of aromatic amines is 1. The summed E-state index contributed by atoms with van der Waals surface area (Å²) in [6.07, 6.45) is 3.70. The molecule has 4 rings (SSSR count). The Kier molecular flexibility index (Phi) is 10.2. The molecule has 1 amide bonds. The molecular formula is C29H36ClN7OS. The van der Waals surface area contributed by atoms with Gasteiger partial charge >= 0.3 is 0 Å². The third-order valence-electron chi connectivity index (χ3n) is 6.75. The van der Waals surface area contributed by atoms with E-state index in [1.165, 1.54) is 0 Å². The van der Waals surface area contributed by atoms with E-state index in [0.717, 1.165) is 59.5 Å². The van der Waals surface area contributed by atoms with Crippen LogP contribution in [0.4, 0.5) is 0 Å². The van der Waals surface area contributed by atoms with Crippen molar-refractivity contribution in [2.24, 2.45) is 11.8 Å². The first-order valence-corrected chi connectivity index (χ1v) is 14.5. The highest BCUT2D eigenvalue weighted by atomic mass is 35.5. The molecule has 1 atom stereocenters. The second kappa shape index (κ2) is 13.8. The lowest BCUT2D eigenvalue weighted by atomic mass is 9.98. The van der Waals surface area contributed by atoms with Gasteiger partial charge in [-0.1, -0.05) is 87.3 Å². The first-order valence-electron chi connectivity index (χ1n) is 13.5. The van der Waals surface area contributed by atoms with Crippen molar-refractivity contribution in [3.63, 3.8) is 0 Å². The molecule has 0 spiro atoms. The van der Waals surface area contributed by atoms with Gasteiger partial charge in [-0.25, -0.2) is 4.98 Å². The van der Waals surface area contributed by atoms with Crippen LogP contribution in [-0.4, -0.2) is 41.8 Å². The number of aromatic nitrogens is 6. The predicted molar refractivity (Wildman–Crippen MR) is 159 cm³/mol. The van der Waals surface area contributed by atoms with E-state index in [1.807, 2.05) is 18.2 Å². The van der Waals surface area contributed by atoms with Crippen LogP contribution in [0.5, 0.6) is 0 Å². The van der Waals surface area contributed by atoms with Crippen molar-refractivity contribution >= 4 is 30.1 Å². The number of tetrazole rings is 1. The highest BCUT2D eigenvalue weighted by Gasteiger charge is 2.21. The second-order valence-corrected chi connectivity index (χ2v) is 10.9. The zero-order valence-electron chi connectivity index (χ0n) is 22.7. The van der Waals surface area contributed by atoms with Gasteiger partial charge in [-0.15, -0.1) is 10.2 Å². The molecular weight excluding hydrogens is 530 g/mol. The van der Waals surface area contributed by atoms with Crippen molar-refractivity contribution in [3.8, 4) is 22.5 Å². The third kappa shape index (κ3) is 7.28. The van der Waals surface area contributed by atoms with Crippen LogP contribution in [0.25, 0.3) is 22.5 Å². The SMILES string of the molecule is CCCCc1nc(Cl)c(CNC(=O)[C@@H](CS)CC(C)C)n1Cc1ccc(-c2ccccc2-c2nn[nH]n2)cc1. The maximum Gasteiger partial charge on any atom is 0.224 e. The average Bonchev–Trinajstić information content (AvgIpc) is 3.58. The minimum atomic E-state index is -0.133. The van der Waals surface area contributed by atoms with Crippen molar-refractivity contribution in [1.82, 2.24) is 35.5 Å². The summed E-state index contributed by atoms with van der Waals surface area (Å²) in [5.74, 6) is 2.30. The predicted octanol–water partition coefficient (Wildman–Crippen LogP) is 5.98. The Hall–Kier alpha value is -3.17. The van der Waals surface area contributed by atoms with Crippen molar-refractivity contribution in [3.05, 3.63) is 70.8 Å². The van der Waals surface area contributed by atoms with Crippen molar-refractivity contribution in [2.75, 3.05) is 5.75 Å². The number of rotatable bonds is 13. The summed E-state index contributed by atoms with van der Waals surface area (Å²) in [6, 6.07) is 16.4. The fourth-order valence-electron chi connectivity index (χ4n) is 4.71. The van der Waals surface area contributed by atoms with Crippen LogP contribution in [-0.2, 0) is 24.3 Å². The van der Waals surface area contributed by atoms with Crippen molar-refractivity contribution in [2.45, 2.75) is 59.5 Å². The van der Waals surface area contributed by atoms with Crippen LogP contribution in [0.1, 0.15) is 57.1 Å². The molecule has 0 aliphatic rings. The molecule has 0 saturated carbocycles. The fraction of sp³-hybridized carbons (Fsp3) is 0.414. The van der Waals surface area contributed by atoms with Crippen molar-refractivity contribution < 1.29 is 4.79 Å². The van der Waals surface area contributed by atoms with E-state index >= 15 is 0 Å². The monoisotopic (exact) mass is 565 g/mol. The lowest BCUT2D eigenvalue weighted by molar-refractivity contribution is -0.124. The van der Waals surface area contributed by atoms with Gasteiger partial charge in [-0.2, -0.15) is 17.8 Å². The highest BCUT2D eigenvalue weighted by Crippen LogP contribution is 2.30. The normalized spacial score (nSPS) is 12.2. The Bertz CT molecular complexity index is 1350. The van der Waals surface area contributed by atoms with Gasteiger partial charge in [0.2, 0.25) is 11.7 Å². The van der Waals surface area contributed by atoms with E-state index in [2.05, 4.69) is 99.2 Å². The topological polar surface area (TPSA) is 101 Å². The maximum atomic E-state index is 12.9. The van der Waals surface area contributed by atoms with Crippen LogP contribution in [0.2, 0.25) is 5.15 Å². The minimum absolute atomic E-state index is 0.00208. The lowest BCUT2D eigenvalue weighted by Crippen LogP contribution is -2.33. The van der Waals surface area contributed by atoms with Gasteiger partial charge in [0.1, 0.15) is 5.82 Å². The molecule has 206 valence electrons. The number of aryl methyl sites for hydroxylation is 1. The molecule has 0 bridgehead atoms. The van der Waals surface area contributed by atoms with E-state index < -0.39 is 0 Å². The summed E-state index contributed by atoms with van der Waals surface area (Å²) in [4.78, 5) is 17.6. The maximum absolute atomic E-state index is 12.9. The fourth-order valence-corrected chi connectivity index (χ4v) is 5.29. The molecule has 2 heterocycles. The number of nitrogens with one attached hydrogen (secondary N) is 2. The zero-order valence-corrected chi connectivity index (χ0v) is 24.3. The molecule has 2 aromatic heterocycles. The van der Waals surface area contributed by atoms with Crippen molar-refractivity contribution in [1.29, 1.82) is 0 Å². The zero-order chi connectivity index (χ0) is 27.8. The molecule has 39 heavy (non-hydrogen) atoms. The Balaban J connectivity index is 1.56. The molecule has 2 aromatic carbocycles. The summed E-state index contributed by atoms with van der Waals surface area (Å²) in [5.41, 5.74) is 4.94. The van der Waals surface area contributed by atoms with Gasteiger partial charge in [0.25, 0.3) is 0 Å². The number of hydrogen-bond acceptors (Lipinski definition) is 6. The molecule has 0 aliphatic carbocycles. The van der Waals surface area contributed by atoms with E-state index in [0.29, 0.717) is 35.7 Å². The molecule has 2 N–H and O–H groups in total. The van der Waals surface area contributed by atoms with Gasteiger partial charge in [-0.05, 0) is 40.7 Å². The number of carbonyl (C=O) groups is 1. The number of hydrogen-bond donors (Lipinski definition) is 3. The molecule has 0 saturated heterocycles. The van der Waals surface area contributed by atoms with Gasteiger partial charge in [0.05, 0.1) is 12.2 Å². The minimum Gasteiger partial charge on any atom is -0.350 e. The number of H-pyrrole nitrogens is 1. The van der Waals surface area contributed by atoms with Crippen LogP contribution in [0, 0.1) is 11.8 Å². The number of imidazole rings is 1. The standard InChI is InChI=1S/C29H36ClN7OS/c1-4-5-10-26-32-27(30)25(16-31-29(38)22(18-39)15-19(2)3)37(26)17-20-11-13-21(14-12-20)23-8-6-7-9-24(23)28-33-35-36-34-28/h6-9,11-14,19,22,39H,4-5,10,15-18H2,1-3H3,(H,31,38)(H,33,34,35,36)/t22-/m1/s1. The van der Waals surface area contributed by atoms with Gasteiger partial charge in [0, 0.05) is 30.2 Å². The smallest absolute Gasteiger partial charge is 0.224 e. The summed E-state index contributed by atoms with van der Waals surface area (Å²) in [7, 11) is 0. The molecule has 10 heteroatoms. The molecule has 0 aliphatic heterocycles. The molecule has 0 unspecified atom stereocenters. The molecule has 0 radical (unpaired) electrons. The lowest BCUT2D eigenvalue weighted by Gasteiger charge is -2.18.